The van der Waals surface area contributed by atoms with E-state index in [0.717, 1.165) is 16.9 Å². The first-order valence-electron chi connectivity index (χ1n) is 7.29. The molecule has 2 aromatic rings. The summed E-state index contributed by atoms with van der Waals surface area (Å²) in [6, 6.07) is 14.4. The monoisotopic (exact) mass is 309 g/mol. The molecule has 0 aromatic heterocycles. The van der Waals surface area contributed by atoms with Crippen molar-refractivity contribution >= 4 is 5.97 Å². The van der Waals surface area contributed by atoms with Gasteiger partial charge in [0.25, 0.3) is 0 Å². The lowest BCUT2D eigenvalue weighted by Gasteiger charge is -2.19. The second-order valence-corrected chi connectivity index (χ2v) is 5.29. The third kappa shape index (κ3) is 3.27. The largest absolute Gasteiger partial charge is 0.486 e. The van der Waals surface area contributed by atoms with E-state index in [4.69, 9.17) is 14.6 Å². The van der Waals surface area contributed by atoms with Crippen molar-refractivity contribution in [1.82, 2.24) is 0 Å². The summed E-state index contributed by atoms with van der Waals surface area (Å²) in [4.78, 5) is 10.9. The molecule has 1 heterocycles. The molecule has 1 aliphatic heterocycles. The fourth-order valence-corrected chi connectivity index (χ4v) is 2.55. The molecule has 0 saturated carbocycles. The Labute approximate surface area is 133 Å². The van der Waals surface area contributed by atoms with Crippen LogP contribution in [-0.4, -0.2) is 24.3 Å². The third-order valence-electron chi connectivity index (χ3n) is 3.76. The molecule has 1 N–H and O–H groups in total. The van der Waals surface area contributed by atoms with Gasteiger partial charge in [0.2, 0.25) is 0 Å². The van der Waals surface area contributed by atoms with E-state index in [0.29, 0.717) is 25.4 Å². The van der Waals surface area contributed by atoms with E-state index in [1.165, 1.54) is 12.1 Å². The van der Waals surface area contributed by atoms with Crippen LogP contribution in [0.2, 0.25) is 0 Å². The molecule has 0 aliphatic carbocycles. The van der Waals surface area contributed by atoms with Gasteiger partial charge < -0.3 is 14.6 Å². The van der Waals surface area contributed by atoms with Gasteiger partial charge in [-0.25, -0.2) is 4.79 Å². The molecule has 0 saturated heterocycles. The second-order valence-electron chi connectivity index (χ2n) is 5.29. The van der Waals surface area contributed by atoms with Crippen LogP contribution in [0.25, 0.3) is 0 Å². The second kappa shape index (κ2) is 6.41. The van der Waals surface area contributed by atoms with Crippen molar-refractivity contribution in [2.24, 2.45) is 0 Å². The number of nitrogens with zero attached hydrogens (tertiary/aromatic N) is 1. The van der Waals surface area contributed by atoms with Crippen molar-refractivity contribution in [2.75, 3.05) is 13.2 Å². The number of ether oxygens (including phenoxy) is 2. The molecule has 0 spiro atoms. The van der Waals surface area contributed by atoms with Gasteiger partial charge in [-0.2, -0.15) is 5.26 Å². The molecule has 0 bridgehead atoms. The minimum absolute atomic E-state index is 0.213. The normalized spacial score (nSPS) is 13.9. The van der Waals surface area contributed by atoms with Crippen LogP contribution in [0.3, 0.4) is 0 Å². The Kier molecular flexibility index (Phi) is 4.15. The van der Waals surface area contributed by atoms with Crippen LogP contribution in [0.1, 0.15) is 27.4 Å². The first-order chi connectivity index (χ1) is 11.2. The van der Waals surface area contributed by atoms with E-state index < -0.39 is 5.97 Å². The van der Waals surface area contributed by atoms with Gasteiger partial charge in [-0.3, -0.25) is 0 Å². The van der Waals surface area contributed by atoms with E-state index in [-0.39, 0.29) is 11.5 Å². The zero-order valence-corrected chi connectivity index (χ0v) is 12.4. The first-order valence-corrected chi connectivity index (χ1v) is 7.29. The van der Waals surface area contributed by atoms with Crippen LogP contribution in [0.15, 0.2) is 42.5 Å². The van der Waals surface area contributed by atoms with Crippen LogP contribution < -0.4 is 9.47 Å². The molecule has 0 fully saturated rings. The van der Waals surface area contributed by atoms with E-state index in [1.54, 1.807) is 12.1 Å². The van der Waals surface area contributed by atoms with Crippen LogP contribution in [-0.2, 0) is 6.42 Å². The summed E-state index contributed by atoms with van der Waals surface area (Å²) in [6.45, 7) is 1.07. The van der Waals surface area contributed by atoms with Gasteiger partial charge in [-0.15, -0.1) is 0 Å². The minimum atomic E-state index is -0.975. The molecule has 1 atom stereocenters. The number of hydrogen-bond acceptors (Lipinski definition) is 4. The van der Waals surface area contributed by atoms with Gasteiger partial charge in [0.05, 0.1) is 17.6 Å². The van der Waals surface area contributed by atoms with Crippen LogP contribution in [0, 0.1) is 11.3 Å². The van der Waals surface area contributed by atoms with Crippen molar-refractivity contribution in [3.63, 3.8) is 0 Å². The number of carbonyl (C=O) groups is 1. The molecular weight excluding hydrogens is 294 g/mol. The molecule has 23 heavy (non-hydrogen) atoms. The summed E-state index contributed by atoms with van der Waals surface area (Å²) >= 11 is 0. The smallest absolute Gasteiger partial charge is 0.335 e. The number of aromatic carboxylic acids is 1. The number of hydrogen-bond donors (Lipinski definition) is 1. The maximum Gasteiger partial charge on any atom is 0.335 e. The van der Waals surface area contributed by atoms with Crippen molar-refractivity contribution in [2.45, 2.75) is 12.3 Å². The average Bonchev–Trinajstić information content (AvgIpc) is 2.59. The fourth-order valence-electron chi connectivity index (χ4n) is 2.55. The van der Waals surface area contributed by atoms with Crippen LogP contribution >= 0.6 is 0 Å². The highest BCUT2D eigenvalue weighted by atomic mass is 16.6. The lowest BCUT2D eigenvalue weighted by molar-refractivity contribution is 0.0697. The van der Waals surface area contributed by atoms with Crippen molar-refractivity contribution in [3.8, 4) is 17.6 Å². The summed E-state index contributed by atoms with van der Waals surface area (Å²) in [7, 11) is 0. The summed E-state index contributed by atoms with van der Waals surface area (Å²) in [5, 5.41) is 18.4. The fraction of sp³-hybridized carbons (Fsp3) is 0.222. The van der Waals surface area contributed by atoms with E-state index in [2.05, 4.69) is 6.07 Å². The molecule has 1 unspecified atom stereocenters. The van der Waals surface area contributed by atoms with Crippen LogP contribution in [0.4, 0.5) is 0 Å². The molecule has 1 aliphatic rings. The zero-order valence-electron chi connectivity index (χ0n) is 12.4. The number of nitriles is 1. The molecule has 0 radical (unpaired) electrons. The summed E-state index contributed by atoms with van der Waals surface area (Å²) in [6.07, 6.45) is 0.527. The van der Waals surface area contributed by atoms with Crippen molar-refractivity contribution in [3.05, 3.63) is 59.2 Å². The summed E-state index contributed by atoms with van der Waals surface area (Å²) < 4.78 is 11.0. The Morgan fingerprint density at radius 2 is 1.83 bits per heavy atom. The molecule has 5 heteroatoms. The topological polar surface area (TPSA) is 79.5 Å². The van der Waals surface area contributed by atoms with E-state index >= 15 is 0 Å². The SMILES string of the molecule is N#CC(Cc1ccc2c(c1)OCCO2)c1ccc(C(=O)O)cc1. The predicted octanol–water partition coefficient (Wildman–Crippen LogP) is 3.01. The lowest BCUT2D eigenvalue weighted by atomic mass is 9.92. The van der Waals surface area contributed by atoms with Crippen molar-refractivity contribution < 1.29 is 19.4 Å². The standard InChI is InChI=1S/C18H15NO4/c19-11-15(13-2-4-14(5-3-13)18(20)21)9-12-1-6-16-17(10-12)23-8-7-22-16/h1-6,10,15H,7-9H2,(H,20,21). The Hall–Kier alpha value is -3.00. The number of rotatable bonds is 4. The highest BCUT2D eigenvalue weighted by Gasteiger charge is 2.16. The molecule has 116 valence electrons. The molecule has 2 aromatic carbocycles. The van der Waals surface area contributed by atoms with Gasteiger partial charge in [-0.05, 0) is 41.8 Å². The van der Waals surface area contributed by atoms with Gasteiger partial charge in [-0.1, -0.05) is 18.2 Å². The minimum Gasteiger partial charge on any atom is -0.486 e. The van der Waals surface area contributed by atoms with Crippen LogP contribution in [0.5, 0.6) is 11.5 Å². The molecule has 5 nitrogen and oxygen atoms in total. The number of carboxylic acid groups (broad SMARTS) is 1. The van der Waals surface area contributed by atoms with Gasteiger partial charge in [0, 0.05) is 0 Å². The number of fused-ring (bicyclic) bond motifs is 1. The van der Waals surface area contributed by atoms with Gasteiger partial charge in [0.15, 0.2) is 11.5 Å². The Balaban J connectivity index is 1.79. The highest BCUT2D eigenvalue weighted by Crippen LogP contribution is 2.32. The van der Waals surface area contributed by atoms with Gasteiger partial charge >= 0.3 is 5.97 Å². The average molecular weight is 309 g/mol. The third-order valence-corrected chi connectivity index (χ3v) is 3.76. The predicted molar refractivity (Wildman–Crippen MR) is 82.9 cm³/mol. The summed E-state index contributed by atoms with van der Waals surface area (Å²) in [5.41, 5.74) is 1.99. The first kappa shape index (κ1) is 14.9. The maximum absolute atomic E-state index is 10.9. The van der Waals surface area contributed by atoms with E-state index in [1.807, 2.05) is 18.2 Å². The van der Waals surface area contributed by atoms with Crippen molar-refractivity contribution in [1.29, 1.82) is 5.26 Å². The Bertz CT molecular complexity index is 762. The summed E-state index contributed by atoms with van der Waals surface area (Å²) in [5.74, 6) is 0.100. The quantitative estimate of drug-likeness (QED) is 0.939. The lowest BCUT2D eigenvalue weighted by Crippen LogP contribution is -2.15. The number of carboxylic acids is 1. The molecular formula is C18H15NO4. The molecule has 0 amide bonds. The Morgan fingerprint density at radius 3 is 2.48 bits per heavy atom. The maximum atomic E-state index is 10.9. The zero-order chi connectivity index (χ0) is 16.2. The van der Waals surface area contributed by atoms with E-state index in [9.17, 15) is 10.1 Å². The highest BCUT2D eigenvalue weighted by molar-refractivity contribution is 5.87. The van der Waals surface area contributed by atoms with Gasteiger partial charge in [0.1, 0.15) is 13.2 Å². The molecule has 3 rings (SSSR count). The Morgan fingerprint density at radius 1 is 1.13 bits per heavy atom. The number of benzene rings is 2.